The van der Waals surface area contributed by atoms with E-state index >= 15 is 0 Å². The number of carbonyl (C=O) groups excluding carboxylic acids is 1. The highest BCUT2D eigenvalue weighted by molar-refractivity contribution is 5.75. The van der Waals surface area contributed by atoms with Gasteiger partial charge >= 0.3 is 0 Å². The third-order valence-electron chi connectivity index (χ3n) is 6.89. The molecule has 4 bridgehead atoms. The summed E-state index contributed by atoms with van der Waals surface area (Å²) in [6.45, 7) is 5.68. The third-order valence-corrected chi connectivity index (χ3v) is 6.89. The van der Waals surface area contributed by atoms with E-state index in [9.17, 15) is 4.79 Å². The minimum Gasteiger partial charge on any atom is -0.493 e. The highest BCUT2D eigenvalue weighted by Gasteiger charge is 2.59. The lowest BCUT2D eigenvalue weighted by molar-refractivity contribution is -0.120. The van der Waals surface area contributed by atoms with E-state index in [0.717, 1.165) is 12.5 Å². The molecule has 0 spiro atoms. The van der Waals surface area contributed by atoms with Crippen LogP contribution in [0, 0.1) is 16.7 Å². The molecular formula is C22H32N2O3. The van der Waals surface area contributed by atoms with Crippen LogP contribution in [0.15, 0.2) is 18.2 Å². The Labute approximate surface area is 162 Å². The van der Waals surface area contributed by atoms with Crippen molar-refractivity contribution in [1.82, 2.24) is 5.32 Å². The van der Waals surface area contributed by atoms with E-state index < -0.39 is 5.91 Å². The monoisotopic (exact) mass is 372 g/mol. The summed E-state index contributed by atoms with van der Waals surface area (Å²) in [6.07, 6.45) is 8.11. The van der Waals surface area contributed by atoms with E-state index in [4.69, 9.17) is 15.2 Å². The number of carbonyl (C=O) groups is 1. The maximum absolute atomic E-state index is 10.9. The van der Waals surface area contributed by atoms with Gasteiger partial charge in [-0.1, -0.05) is 19.9 Å². The summed E-state index contributed by atoms with van der Waals surface area (Å²) in [6, 6.07) is 5.89. The average molecular weight is 373 g/mol. The molecule has 3 N–H and O–H groups in total. The van der Waals surface area contributed by atoms with E-state index in [1.54, 1.807) is 7.11 Å². The Bertz CT molecular complexity index is 729. The van der Waals surface area contributed by atoms with Gasteiger partial charge in [-0.25, -0.2) is 0 Å². The predicted molar refractivity (Wildman–Crippen MR) is 105 cm³/mol. The summed E-state index contributed by atoms with van der Waals surface area (Å²) in [5.41, 5.74) is 7.62. The molecule has 5 rings (SSSR count). The molecule has 5 heteroatoms. The van der Waals surface area contributed by atoms with Crippen LogP contribution in [0.3, 0.4) is 0 Å². The van der Waals surface area contributed by atoms with E-state index in [1.807, 2.05) is 18.2 Å². The van der Waals surface area contributed by atoms with Gasteiger partial charge in [0.1, 0.15) is 0 Å². The second-order valence-corrected chi connectivity index (χ2v) is 10.0. The molecule has 148 valence electrons. The minimum absolute atomic E-state index is 0.143. The van der Waals surface area contributed by atoms with Gasteiger partial charge in [0.15, 0.2) is 18.1 Å². The summed E-state index contributed by atoms with van der Waals surface area (Å²) < 4.78 is 10.9. The van der Waals surface area contributed by atoms with Crippen molar-refractivity contribution >= 4 is 5.91 Å². The second-order valence-electron chi connectivity index (χ2n) is 10.0. The highest BCUT2D eigenvalue weighted by Crippen LogP contribution is 2.66. The van der Waals surface area contributed by atoms with E-state index in [2.05, 4.69) is 19.2 Å². The van der Waals surface area contributed by atoms with Gasteiger partial charge in [0, 0.05) is 12.1 Å². The molecule has 4 saturated carbocycles. The fourth-order valence-electron chi connectivity index (χ4n) is 7.02. The first-order chi connectivity index (χ1) is 12.7. The van der Waals surface area contributed by atoms with Gasteiger partial charge in [0.2, 0.25) is 0 Å². The fourth-order valence-corrected chi connectivity index (χ4v) is 7.02. The maximum atomic E-state index is 10.9. The van der Waals surface area contributed by atoms with Crippen molar-refractivity contribution in [2.45, 2.75) is 64.5 Å². The zero-order valence-corrected chi connectivity index (χ0v) is 16.8. The van der Waals surface area contributed by atoms with Crippen LogP contribution in [0.2, 0.25) is 0 Å². The zero-order valence-electron chi connectivity index (χ0n) is 16.8. The number of hydrogen-bond acceptors (Lipinski definition) is 4. The minimum atomic E-state index is -0.494. The largest absolute Gasteiger partial charge is 0.493 e. The molecule has 1 amide bonds. The standard InChI is InChI=1S/C22H32N2O3/c1-20-7-16-8-21(2,12-20)14-22(9-16,13-20)24-10-15-4-5-17(18(6-15)26-3)27-11-19(23)25/h4-6,16,24H,7-14H2,1-3H3,(H2,23,25)/t16?,20-,21-,22?/m0/s1. The van der Waals surface area contributed by atoms with Crippen molar-refractivity contribution in [3.8, 4) is 11.5 Å². The molecule has 27 heavy (non-hydrogen) atoms. The summed E-state index contributed by atoms with van der Waals surface area (Å²) in [4.78, 5) is 10.9. The summed E-state index contributed by atoms with van der Waals surface area (Å²) in [7, 11) is 1.62. The van der Waals surface area contributed by atoms with Gasteiger partial charge in [-0.15, -0.1) is 0 Å². The first-order valence-corrected chi connectivity index (χ1v) is 10.1. The molecule has 4 aliphatic rings. The molecule has 0 unspecified atom stereocenters. The van der Waals surface area contributed by atoms with Crippen molar-refractivity contribution in [3.05, 3.63) is 23.8 Å². The highest BCUT2D eigenvalue weighted by atomic mass is 16.5. The Kier molecular flexibility index (Phi) is 4.41. The van der Waals surface area contributed by atoms with Crippen LogP contribution >= 0.6 is 0 Å². The molecule has 4 aliphatic carbocycles. The maximum Gasteiger partial charge on any atom is 0.255 e. The lowest BCUT2D eigenvalue weighted by atomic mass is 9.43. The van der Waals surface area contributed by atoms with E-state index in [1.165, 1.54) is 44.1 Å². The van der Waals surface area contributed by atoms with Gasteiger partial charge in [0.05, 0.1) is 7.11 Å². The number of nitrogens with two attached hydrogens (primary N) is 1. The Morgan fingerprint density at radius 1 is 1.15 bits per heavy atom. The number of methoxy groups -OCH3 is 1. The summed E-state index contributed by atoms with van der Waals surface area (Å²) >= 11 is 0. The van der Waals surface area contributed by atoms with Gasteiger partial charge in [-0.3, -0.25) is 4.79 Å². The lowest BCUT2D eigenvalue weighted by Gasteiger charge is -2.65. The van der Waals surface area contributed by atoms with Crippen LogP contribution < -0.4 is 20.5 Å². The van der Waals surface area contributed by atoms with Crippen molar-refractivity contribution in [1.29, 1.82) is 0 Å². The van der Waals surface area contributed by atoms with Crippen LogP contribution in [-0.2, 0) is 11.3 Å². The SMILES string of the molecule is COc1cc(CNC23CC4C[C@](C)(C2)C[C@](C)(C4)C3)ccc1OCC(N)=O. The van der Waals surface area contributed by atoms with Crippen molar-refractivity contribution in [2.75, 3.05) is 13.7 Å². The molecule has 1 aromatic rings. The zero-order chi connectivity index (χ0) is 19.3. The Balaban J connectivity index is 1.46. The third kappa shape index (κ3) is 3.66. The van der Waals surface area contributed by atoms with E-state index in [-0.39, 0.29) is 12.1 Å². The molecular weight excluding hydrogens is 340 g/mol. The first-order valence-electron chi connectivity index (χ1n) is 10.1. The van der Waals surface area contributed by atoms with Crippen molar-refractivity contribution < 1.29 is 14.3 Å². The number of hydrogen-bond donors (Lipinski definition) is 2. The molecule has 4 fully saturated rings. The molecule has 1 aromatic carbocycles. The normalized spacial score (nSPS) is 36.6. The summed E-state index contributed by atoms with van der Waals surface area (Å²) in [5.74, 6) is 1.57. The quantitative estimate of drug-likeness (QED) is 0.769. The van der Waals surface area contributed by atoms with Crippen LogP contribution in [0.25, 0.3) is 0 Å². The van der Waals surface area contributed by atoms with Crippen LogP contribution in [0.5, 0.6) is 11.5 Å². The van der Waals surface area contributed by atoms with Crippen molar-refractivity contribution in [2.24, 2.45) is 22.5 Å². The van der Waals surface area contributed by atoms with Gasteiger partial charge < -0.3 is 20.5 Å². The topological polar surface area (TPSA) is 73.6 Å². The number of nitrogens with one attached hydrogen (secondary N) is 1. The summed E-state index contributed by atoms with van der Waals surface area (Å²) in [5, 5.41) is 3.94. The number of rotatable bonds is 7. The smallest absolute Gasteiger partial charge is 0.255 e. The Hall–Kier alpha value is -1.75. The lowest BCUT2D eigenvalue weighted by Crippen LogP contribution is -2.63. The molecule has 0 saturated heterocycles. The number of amides is 1. The number of ether oxygens (including phenoxy) is 2. The van der Waals surface area contributed by atoms with Crippen LogP contribution in [0.1, 0.15) is 57.9 Å². The molecule has 2 atom stereocenters. The number of primary amides is 1. The molecule has 0 heterocycles. The van der Waals surface area contributed by atoms with Crippen LogP contribution in [0.4, 0.5) is 0 Å². The Morgan fingerprint density at radius 2 is 1.85 bits per heavy atom. The van der Waals surface area contributed by atoms with Gasteiger partial charge in [-0.05, 0) is 73.0 Å². The van der Waals surface area contributed by atoms with E-state index in [0.29, 0.717) is 22.3 Å². The predicted octanol–water partition coefficient (Wildman–Crippen LogP) is 3.40. The molecule has 5 nitrogen and oxygen atoms in total. The van der Waals surface area contributed by atoms with Gasteiger partial charge in [0.25, 0.3) is 5.91 Å². The molecule has 0 radical (unpaired) electrons. The van der Waals surface area contributed by atoms with Crippen molar-refractivity contribution in [3.63, 3.8) is 0 Å². The Morgan fingerprint density at radius 3 is 2.44 bits per heavy atom. The fraction of sp³-hybridized carbons (Fsp3) is 0.682. The second kappa shape index (κ2) is 6.40. The van der Waals surface area contributed by atoms with Gasteiger partial charge in [-0.2, -0.15) is 0 Å². The average Bonchev–Trinajstić information content (AvgIpc) is 2.55. The molecule has 0 aromatic heterocycles. The number of benzene rings is 1. The van der Waals surface area contributed by atoms with Crippen LogP contribution in [-0.4, -0.2) is 25.2 Å². The molecule has 0 aliphatic heterocycles. The first kappa shape index (κ1) is 18.6.